The molecule has 1 heterocycles. The summed E-state index contributed by atoms with van der Waals surface area (Å²) >= 11 is 0. The quantitative estimate of drug-likeness (QED) is 0.208. The van der Waals surface area contributed by atoms with Gasteiger partial charge in [0.05, 0.1) is 0 Å². The number of benzene rings is 6. The molecule has 1 aliphatic carbocycles. The molecule has 0 aliphatic heterocycles. The van der Waals surface area contributed by atoms with E-state index in [1.54, 1.807) is 0 Å². The Labute approximate surface area is 264 Å². The molecule has 0 saturated heterocycles. The molecule has 218 valence electrons. The molecule has 3 heteroatoms. The summed E-state index contributed by atoms with van der Waals surface area (Å²) in [6.07, 6.45) is 0. The molecule has 0 atom stereocenters. The molecule has 6 aromatic carbocycles. The number of fused-ring (bicyclic) bond motifs is 5. The summed E-state index contributed by atoms with van der Waals surface area (Å²) in [7, 11) is 0. The Morgan fingerprint density at radius 2 is 0.867 bits per heavy atom. The van der Waals surface area contributed by atoms with Gasteiger partial charge in [-0.15, -0.1) is 0 Å². The number of rotatable bonds is 3. The number of nitrogens with zero attached hydrogens (tertiary/aromatic N) is 3. The zero-order valence-electron chi connectivity index (χ0n) is 26.4. The van der Waals surface area contributed by atoms with Gasteiger partial charge >= 0.3 is 0 Å². The second kappa shape index (κ2) is 9.93. The third-order valence-electron chi connectivity index (χ3n) is 9.45. The first kappa shape index (κ1) is 27.4. The van der Waals surface area contributed by atoms with Gasteiger partial charge in [-0.3, -0.25) is 0 Å². The highest BCUT2D eigenvalue weighted by molar-refractivity contribution is 5.89. The Hall–Kier alpha value is -5.15. The molecule has 0 amide bonds. The van der Waals surface area contributed by atoms with Crippen LogP contribution < -0.4 is 0 Å². The Bertz CT molecular complexity index is 2190. The highest BCUT2D eigenvalue weighted by atomic mass is 15.0. The molecule has 1 aromatic heterocycles. The highest BCUT2D eigenvalue weighted by Crippen LogP contribution is 2.50. The van der Waals surface area contributed by atoms with E-state index in [-0.39, 0.29) is 10.8 Å². The molecule has 0 N–H and O–H groups in total. The van der Waals surface area contributed by atoms with E-state index in [0.29, 0.717) is 17.5 Å². The zero-order chi connectivity index (χ0) is 30.9. The van der Waals surface area contributed by atoms with Crippen LogP contribution in [0.3, 0.4) is 0 Å². The lowest BCUT2D eigenvalue weighted by molar-refractivity contribution is 0.584. The van der Waals surface area contributed by atoms with Crippen molar-refractivity contribution in [2.24, 2.45) is 0 Å². The van der Waals surface area contributed by atoms with Crippen molar-refractivity contribution in [3.63, 3.8) is 0 Å². The van der Waals surface area contributed by atoms with E-state index in [9.17, 15) is 0 Å². The van der Waals surface area contributed by atoms with Gasteiger partial charge < -0.3 is 0 Å². The van der Waals surface area contributed by atoms with Crippen molar-refractivity contribution >= 4 is 21.5 Å². The predicted octanol–water partition coefficient (Wildman–Crippen LogP) is 10.8. The van der Waals surface area contributed by atoms with E-state index < -0.39 is 0 Å². The average Bonchev–Trinajstić information content (AvgIpc) is 3.29. The largest absolute Gasteiger partial charge is 0.208 e. The fourth-order valence-electron chi connectivity index (χ4n) is 6.76. The van der Waals surface area contributed by atoms with Gasteiger partial charge in [-0.2, -0.15) is 0 Å². The topological polar surface area (TPSA) is 38.7 Å². The molecule has 8 rings (SSSR count). The molecular weight excluding hydrogens is 546 g/mol. The minimum atomic E-state index is -0.142. The van der Waals surface area contributed by atoms with Crippen molar-refractivity contribution in [3.8, 4) is 45.3 Å². The summed E-state index contributed by atoms with van der Waals surface area (Å²) in [5, 5.41) is 4.72. The summed E-state index contributed by atoms with van der Waals surface area (Å²) in [5.74, 6) is 2.03. The molecule has 0 radical (unpaired) electrons. The maximum atomic E-state index is 5.12. The van der Waals surface area contributed by atoms with Crippen LogP contribution in [0.5, 0.6) is 0 Å². The zero-order valence-corrected chi connectivity index (χ0v) is 26.4. The van der Waals surface area contributed by atoms with Gasteiger partial charge in [0.15, 0.2) is 17.5 Å². The fraction of sp³-hybridized carbons (Fsp3) is 0.167. The van der Waals surface area contributed by atoms with Crippen molar-refractivity contribution < 1.29 is 0 Å². The lowest BCUT2D eigenvalue weighted by Crippen LogP contribution is -2.17. The molecule has 1 aliphatic rings. The van der Waals surface area contributed by atoms with E-state index in [0.717, 1.165) is 27.5 Å². The van der Waals surface area contributed by atoms with Gasteiger partial charge in [-0.25, -0.2) is 15.0 Å². The molecular formula is C42H35N3. The highest BCUT2D eigenvalue weighted by Gasteiger charge is 2.36. The second-order valence-corrected chi connectivity index (χ2v) is 13.8. The van der Waals surface area contributed by atoms with Crippen LogP contribution in [0.25, 0.3) is 66.8 Å². The maximum Gasteiger partial charge on any atom is 0.164 e. The minimum absolute atomic E-state index is 0.0915. The van der Waals surface area contributed by atoms with E-state index >= 15 is 0 Å². The van der Waals surface area contributed by atoms with Gasteiger partial charge in [0, 0.05) is 22.1 Å². The Balaban J connectivity index is 1.30. The smallest absolute Gasteiger partial charge is 0.164 e. The maximum absolute atomic E-state index is 5.12. The standard InChI is InChI=1S/C42H35N3/c1-41(2,3)33-19-21-35-34-20-18-32(24-36(34)42(4,5)37(35)25-33)40-44-38(30-16-14-26-10-6-8-12-28(26)22-30)43-39(45-40)31-17-15-27-11-7-9-13-29(27)23-31/h6-25H,1-5H3. The summed E-state index contributed by atoms with van der Waals surface area (Å²) in [6.45, 7) is 11.5. The molecule has 45 heavy (non-hydrogen) atoms. The van der Waals surface area contributed by atoms with Gasteiger partial charge in [0.25, 0.3) is 0 Å². The first-order chi connectivity index (χ1) is 21.6. The van der Waals surface area contributed by atoms with Crippen LogP contribution in [0.4, 0.5) is 0 Å². The first-order valence-corrected chi connectivity index (χ1v) is 15.7. The van der Waals surface area contributed by atoms with Crippen molar-refractivity contribution in [1.82, 2.24) is 15.0 Å². The van der Waals surface area contributed by atoms with E-state index in [2.05, 4.69) is 156 Å². The van der Waals surface area contributed by atoms with E-state index in [1.165, 1.54) is 38.6 Å². The van der Waals surface area contributed by atoms with Crippen LogP contribution in [0.1, 0.15) is 51.3 Å². The van der Waals surface area contributed by atoms with Crippen molar-refractivity contribution in [2.45, 2.75) is 45.4 Å². The molecule has 0 bridgehead atoms. The van der Waals surface area contributed by atoms with Crippen LogP contribution in [0, 0.1) is 0 Å². The van der Waals surface area contributed by atoms with Crippen LogP contribution in [-0.4, -0.2) is 15.0 Å². The molecule has 0 spiro atoms. The SMILES string of the molecule is CC(C)(C)c1ccc2c(c1)C(C)(C)c1cc(-c3nc(-c4ccc5ccccc5c4)nc(-c4ccc5ccccc5c4)n3)ccc1-2. The summed E-state index contributed by atoms with van der Waals surface area (Å²) in [4.78, 5) is 15.3. The first-order valence-electron chi connectivity index (χ1n) is 15.7. The molecule has 7 aromatic rings. The summed E-state index contributed by atoms with van der Waals surface area (Å²) in [5.41, 5.74) is 9.55. The fourth-order valence-corrected chi connectivity index (χ4v) is 6.76. The summed E-state index contributed by atoms with van der Waals surface area (Å²) < 4.78 is 0. The van der Waals surface area contributed by atoms with Gasteiger partial charge in [0.2, 0.25) is 0 Å². The monoisotopic (exact) mass is 581 g/mol. The molecule has 0 saturated carbocycles. The van der Waals surface area contributed by atoms with Crippen molar-refractivity contribution in [3.05, 3.63) is 138 Å². The second-order valence-electron chi connectivity index (χ2n) is 13.8. The molecule has 0 fully saturated rings. The van der Waals surface area contributed by atoms with Gasteiger partial charge in [-0.1, -0.05) is 138 Å². The van der Waals surface area contributed by atoms with Crippen LogP contribution in [-0.2, 0) is 10.8 Å². The average molecular weight is 582 g/mol. The lowest BCUT2D eigenvalue weighted by Gasteiger charge is -2.25. The van der Waals surface area contributed by atoms with Crippen LogP contribution in [0.15, 0.2) is 121 Å². The third-order valence-corrected chi connectivity index (χ3v) is 9.45. The number of aromatic nitrogens is 3. The van der Waals surface area contributed by atoms with Crippen LogP contribution in [0.2, 0.25) is 0 Å². The number of hydrogen-bond donors (Lipinski definition) is 0. The number of hydrogen-bond acceptors (Lipinski definition) is 3. The Morgan fingerprint density at radius 1 is 0.444 bits per heavy atom. The van der Waals surface area contributed by atoms with E-state index in [1.807, 2.05) is 0 Å². The Kier molecular flexibility index (Phi) is 6.05. The van der Waals surface area contributed by atoms with Gasteiger partial charge in [-0.05, 0) is 73.0 Å². The molecule has 0 unspecified atom stereocenters. The third kappa shape index (κ3) is 4.62. The van der Waals surface area contributed by atoms with Gasteiger partial charge in [0.1, 0.15) is 0 Å². The normalized spacial score (nSPS) is 13.6. The lowest BCUT2D eigenvalue weighted by atomic mass is 9.79. The van der Waals surface area contributed by atoms with E-state index in [4.69, 9.17) is 15.0 Å². The minimum Gasteiger partial charge on any atom is -0.208 e. The Morgan fingerprint density at radius 3 is 1.38 bits per heavy atom. The predicted molar refractivity (Wildman–Crippen MR) is 187 cm³/mol. The van der Waals surface area contributed by atoms with Crippen molar-refractivity contribution in [2.75, 3.05) is 0 Å². The van der Waals surface area contributed by atoms with Crippen molar-refractivity contribution in [1.29, 1.82) is 0 Å². The van der Waals surface area contributed by atoms with Crippen LogP contribution >= 0.6 is 0 Å². The molecule has 3 nitrogen and oxygen atoms in total. The summed E-state index contributed by atoms with van der Waals surface area (Å²) in [6, 6.07) is 43.4.